The minimum Gasteiger partial charge on any atom is -0.447 e. The van der Waals surface area contributed by atoms with E-state index in [2.05, 4.69) is 10.0 Å². The van der Waals surface area contributed by atoms with Crippen molar-refractivity contribution in [3.8, 4) is 0 Å². The summed E-state index contributed by atoms with van der Waals surface area (Å²) < 4.78 is 31.5. The van der Waals surface area contributed by atoms with Gasteiger partial charge in [-0.1, -0.05) is 20.3 Å². The maximum Gasteiger partial charge on any atom is 0.273 e. The van der Waals surface area contributed by atoms with Gasteiger partial charge in [-0.15, -0.1) is 0 Å². The molecule has 0 aliphatic carbocycles. The highest BCUT2D eigenvalue weighted by Crippen LogP contribution is 2.14. The summed E-state index contributed by atoms with van der Waals surface area (Å²) in [7, 11) is -1.73. The molecular weight excluding hydrogens is 240 g/mol. The summed E-state index contributed by atoms with van der Waals surface area (Å²) in [6.45, 7) is 4.97. The molecule has 1 aromatic rings. The van der Waals surface area contributed by atoms with E-state index in [0.717, 1.165) is 6.42 Å². The fraction of sp³-hybridized carbons (Fsp3) is 0.636. The van der Waals surface area contributed by atoms with E-state index in [1.54, 1.807) is 13.1 Å². The summed E-state index contributed by atoms with van der Waals surface area (Å²) >= 11 is 0. The second kappa shape index (κ2) is 6.18. The van der Waals surface area contributed by atoms with E-state index >= 15 is 0 Å². The van der Waals surface area contributed by atoms with Gasteiger partial charge in [0.15, 0.2) is 0 Å². The molecule has 0 radical (unpaired) electrons. The van der Waals surface area contributed by atoms with Crippen LogP contribution in [-0.4, -0.2) is 22.0 Å². The zero-order chi connectivity index (χ0) is 12.9. The molecule has 6 heteroatoms. The number of hydrogen-bond donors (Lipinski definition) is 2. The van der Waals surface area contributed by atoms with Gasteiger partial charge in [-0.25, -0.2) is 13.1 Å². The van der Waals surface area contributed by atoms with E-state index in [0.29, 0.717) is 24.8 Å². The van der Waals surface area contributed by atoms with Crippen LogP contribution in [0.4, 0.5) is 0 Å². The molecule has 1 aromatic heterocycles. The third-order valence-corrected chi connectivity index (χ3v) is 3.87. The standard InChI is InChI=1S/C11H20N2O3S/c1-4-9(2)7-13-17(14,15)11-6-5-10(16-11)8-12-3/h5-6,9,12-13H,4,7-8H2,1-3H3. The van der Waals surface area contributed by atoms with Crippen LogP contribution in [0.3, 0.4) is 0 Å². The SMILES string of the molecule is CCC(C)CNS(=O)(=O)c1ccc(CNC)o1. The van der Waals surface area contributed by atoms with Gasteiger partial charge in [0.2, 0.25) is 5.09 Å². The molecule has 0 aliphatic rings. The Morgan fingerprint density at radius 3 is 2.71 bits per heavy atom. The largest absolute Gasteiger partial charge is 0.447 e. The molecule has 0 saturated heterocycles. The Labute approximate surface area is 103 Å². The Kier molecular flexibility index (Phi) is 5.17. The molecule has 1 unspecified atom stereocenters. The lowest BCUT2D eigenvalue weighted by Crippen LogP contribution is -2.27. The predicted octanol–water partition coefficient (Wildman–Crippen LogP) is 1.32. The van der Waals surface area contributed by atoms with Gasteiger partial charge in [0.25, 0.3) is 10.0 Å². The first-order valence-electron chi connectivity index (χ1n) is 5.72. The van der Waals surface area contributed by atoms with Crippen LogP contribution in [0, 0.1) is 5.92 Å². The van der Waals surface area contributed by atoms with E-state index in [-0.39, 0.29) is 5.09 Å². The van der Waals surface area contributed by atoms with E-state index in [9.17, 15) is 8.42 Å². The van der Waals surface area contributed by atoms with Crippen LogP contribution >= 0.6 is 0 Å². The molecule has 0 saturated carbocycles. The first kappa shape index (κ1) is 14.2. The monoisotopic (exact) mass is 260 g/mol. The smallest absolute Gasteiger partial charge is 0.273 e. The molecule has 1 atom stereocenters. The highest BCUT2D eigenvalue weighted by atomic mass is 32.2. The molecule has 0 fully saturated rings. The number of sulfonamides is 1. The summed E-state index contributed by atoms with van der Waals surface area (Å²) in [5.41, 5.74) is 0. The van der Waals surface area contributed by atoms with Crippen molar-refractivity contribution in [3.63, 3.8) is 0 Å². The van der Waals surface area contributed by atoms with Gasteiger partial charge in [0.1, 0.15) is 5.76 Å². The zero-order valence-electron chi connectivity index (χ0n) is 10.5. The quantitative estimate of drug-likeness (QED) is 0.775. The number of furan rings is 1. The van der Waals surface area contributed by atoms with Crippen molar-refractivity contribution in [3.05, 3.63) is 17.9 Å². The van der Waals surface area contributed by atoms with Crippen molar-refractivity contribution in [1.82, 2.24) is 10.0 Å². The van der Waals surface area contributed by atoms with E-state index in [4.69, 9.17) is 4.42 Å². The van der Waals surface area contributed by atoms with Gasteiger partial charge >= 0.3 is 0 Å². The number of nitrogens with one attached hydrogen (secondary N) is 2. The molecule has 0 bridgehead atoms. The summed E-state index contributed by atoms with van der Waals surface area (Å²) in [5, 5.41) is 2.88. The first-order chi connectivity index (χ1) is 7.99. The molecular formula is C11H20N2O3S. The third-order valence-electron chi connectivity index (χ3n) is 2.57. The van der Waals surface area contributed by atoms with Gasteiger partial charge in [0, 0.05) is 6.54 Å². The van der Waals surface area contributed by atoms with Crippen molar-refractivity contribution in [2.45, 2.75) is 31.9 Å². The van der Waals surface area contributed by atoms with Crippen LogP contribution in [0.15, 0.2) is 21.6 Å². The van der Waals surface area contributed by atoms with Crippen LogP contribution in [0.1, 0.15) is 26.0 Å². The average Bonchev–Trinajstić information content (AvgIpc) is 2.76. The molecule has 5 nitrogen and oxygen atoms in total. The minimum atomic E-state index is -3.51. The lowest BCUT2D eigenvalue weighted by Gasteiger charge is -2.09. The predicted molar refractivity (Wildman–Crippen MR) is 66.1 cm³/mol. The maximum absolute atomic E-state index is 11.8. The normalized spacial score (nSPS) is 13.8. The Hall–Kier alpha value is -0.850. The topological polar surface area (TPSA) is 71.3 Å². The van der Waals surface area contributed by atoms with Crippen molar-refractivity contribution >= 4 is 10.0 Å². The zero-order valence-corrected chi connectivity index (χ0v) is 11.3. The Morgan fingerprint density at radius 2 is 2.12 bits per heavy atom. The summed E-state index contributed by atoms with van der Waals surface area (Å²) in [5.74, 6) is 0.924. The number of hydrogen-bond acceptors (Lipinski definition) is 4. The summed E-state index contributed by atoms with van der Waals surface area (Å²) in [6, 6.07) is 3.14. The van der Waals surface area contributed by atoms with Gasteiger partial charge in [-0.2, -0.15) is 0 Å². The molecule has 2 N–H and O–H groups in total. The molecule has 0 spiro atoms. The van der Waals surface area contributed by atoms with Crippen LogP contribution < -0.4 is 10.0 Å². The van der Waals surface area contributed by atoms with E-state index in [1.165, 1.54) is 6.07 Å². The number of rotatable bonds is 7. The fourth-order valence-electron chi connectivity index (χ4n) is 1.24. The van der Waals surface area contributed by atoms with Crippen LogP contribution in [0.2, 0.25) is 0 Å². The van der Waals surface area contributed by atoms with E-state index < -0.39 is 10.0 Å². The van der Waals surface area contributed by atoms with Gasteiger partial charge in [0.05, 0.1) is 6.54 Å². The highest BCUT2D eigenvalue weighted by Gasteiger charge is 2.18. The molecule has 1 heterocycles. The highest BCUT2D eigenvalue weighted by molar-refractivity contribution is 7.89. The maximum atomic E-state index is 11.8. The Bertz CT molecular complexity index is 439. The lowest BCUT2D eigenvalue weighted by atomic mass is 10.1. The molecule has 17 heavy (non-hydrogen) atoms. The second-order valence-corrected chi connectivity index (χ2v) is 5.81. The van der Waals surface area contributed by atoms with Crippen molar-refractivity contribution < 1.29 is 12.8 Å². The van der Waals surface area contributed by atoms with Gasteiger partial charge in [-0.3, -0.25) is 0 Å². The van der Waals surface area contributed by atoms with Crippen molar-refractivity contribution in [2.24, 2.45) is 5.92 Å². The Balaban J connectivity index is 2.68. The molecule has 0 amide bonds. The van der Waals surface area contributed by atoms with Crippen LogP contribution in [0.5, 0.6) is 0 Å². The Morgan fingerprint density at radius 1 is 1.41 bits per heavy atom. The minimum absolute atomic E-state index is 0.0222. The summed E-state index contributed by atoms with van der Waals surface area (Å²) in [4.78, 5) is 0. The van der Waals surface area contributed by atoms with Crippen LogP contribution in [0.25, 0.3) is 0 Å². The summed E-state index contributed by atoms with van der Waals surface area (Å²) in [6.07, 6.45) is 0.936. The first-order valence-corrected chi connectivity index (χ1v) is 7.21. The molecule has 1 rings (SSSR count). The van der Waals surface area contributed by atoms with Gasteiger partial charge < -0.3 is 9.73 Å². The molecule has 98 valence electrons. The van der Waals surface area contributed by atoms with E-state index in [1.807, 2.05) is 13.8 Å². The average molecular weight is 260 g/mol. The molecule has 0 aromatic carbocycles. The van der Waals surface area contributed by atoms with Crippen molar-refractivity contribution in [1.29, 1.82) is 0 Å². The third kappa shape index (κ3) is 4.14. The van der Waals surface area contributed by atoms with Crippen molar-refractivity contribution in [2.75, 3.05) is 13.6 Å². The van der Waals surface area contributed by atoms with Gasteiger partial charge in [-0.05, 0) is 25.1 Å². The molecule has 0 aliphatic heterocycles. The second-order valence-electron chi connectivity index (χ2n) is 4.12. The fourth-order valence-corrected chi connectivity index (χ4v) is 2.35. The van der Waals surface area contributed by atoms with Crippen LogP contribution in [-0.2, 0) is 16.6 Å². The lowest BCUT2D eigenvalue weighted by molar-refractivity contribution is 0.403.